The van der Waals surface area contributed by atoms with Crippen molar-refractivity contribution in [2.45, 2.75) is 0 Å². The summed E-state index contributed by atoms with van der Waals surface area (Å²) < 4.78 is 11.4. The summed E-state index contributed by atoms with van der Waals surface area (Å²) in [4.78, 5) is 10.8. The minimum Gasteiger partial charge on any atom is -0.474 e. The molecular weight excluding hydrogens is 186 g/mol. The van der Waals surface area contributed by atoms with Crippen molar-refractivity contribution in [1.82, 2.24) is 9.78 Å². The lowest BCUT2D eigenvalue weighted by molar-refractivity contribution is 0.0991. The van der Waals surface area contributed by atoms with E-state index in [-0.39, 0.29) is 0 Å². The second-order valence-corrected chi connectivity index (χ2v) is 2.70. The Morgan fingerprint density at radius 3 is 2.86 bits per heavy atom. The predicted molar refractivity (Wildman–Crippen MR) is 49.1 cm³/mol. The van der Waals surface area contributed by atoms with E-state index < -0.39 is 5.91 Å². The van der Waals surface area contributed by atoms with Crippen LogP contribution in [0.4, 0.5) is 0 Å². The van der Waals surface area contributed by atoms with E-state index in [1.54, 1.807) is 14.2 Å². The van der Waals surface area contributed by atoms with Gasteiger partial charge in [-0.1, -0.05) is 0 Å². The van der Waals surface area contributed by atoms with Crippen molar-refractivity contribution in [3.63, 3.8) is 0 Å². The first kappa shape index (κ1) is 10.5. The number of nitrogens with zero attached hydrogens (tertiary/aromatic N) is 2. The third-order valence-corrected chi connectivity index (χ3v) is 1.65. The molecule has 0 aromatic carbocycles. The van der Waals surface area contributed by atoms with E-state index >= 15 is 0 Å². The van der Waals surface area contributed by atoms with Gasteiger partial charge in [-0.15, -0.1) is 5.10 Å². The molecule has 0 unspecified atom stereocenters. The summed E-state index contributed by atoms with van der Waals surface area (Å²) in [6, 6.07) is 1.50. The molecular formula is C8H13N3O3. The van der Waals surface area contributed by atoms with Gasteiger partial charge in [0.1, 0.15) is 12.3 Å². The zero-order valence-electron chi connectivity index (χ0n) is 8.19. The maximum Gasteiger partial charge on any atom is 0.267 e. The minimum absolute atomic E-state index is 0.317. The molecule has 6 heteroatoms. The molecule has 0 bridgehead atoms. The molecule has 0 saturated heterocycles. The minimum atomic E-state index is -0.526. The Kier molecular flexibility index (Phi) is 3.47. The summed E-state index contributed by atoms with van der Waals surface area (Å²) in [5, 5.41) is 3.94. The van der Waals surface area contributed by atoms with Crippen LogP contribution in [0, 0.1) is 0 Å². The smallest absolute Gasteiger partial charge is 0.267 e. The van der Waals surface area contributed by atoms with Gasteiger partial charge in [-0.2, -0.15) is 0 Å². The van der Waals surface area contributed by atoms with Gasteiger partial charge in [0.2, 0.25) is 5.88 Å². The lowest BCUT2D eigenvalue weighted by atomic mass is 10.4. The molecule has 0 radical (unpaired) electrons. The molecule has 1 amide bonds. The number of carbonyl (C=O) groups is 1. The first-order valence-electron chi connectivity index (χ1n) is 4.10. The Hall–Kier alpha value is -1.56. The van der Waals surface area contributed by atoms with Crippen molar-refractivity contribution < 1.29 is 14.3 Å². The first-order valence-corrected chi connectivity index (χ1v) is 4.10. The molecule has 0 saturated carbocycles. The summed E-state index contributed by atoms with van der Waals surface area (Å²) >= 11 is 0. The Balaban J connectivity index is 2.62. The van der Waals surface area contributed by atoms with E-state index in [0.29, 0.717) is 24.8 Å². The van der Waals surface area contributed by atoms with E-state index in [1.165, 1.54) is 10.7 Å². The van der Waals surface area contributed by atoms with Crippen molar-refractivity contribution in [2.75, 3.05) is 20.3 Å². The number of ether oxygens (including phenoxy) is 2. The number of nitrogens with two attached hydrogens (primary N) is 1. The quantitative estimate of drug-likeness (QED) is 0.651. The average Bonchev–Trinajstić information content (AvgIpc) is 2.47. The van der Waals surface area contributed by atoms with Crippen LogP contribution in [0.2, 0.25) is 0 Å². The number of aromatic nitrogens is 2. The van der Waals surface area contributed by atoms with Gasteiger partial charge >= 0.3 is 0 Å². The van der Waals surface area contributed by atoms with Crippen LogP contribution in [0.1, 0.15) is 10.5 Å². The SMILES string of the molecule is COCCOc1cc(C(N)=O)n(C)n1. The van der Waals surface area contributed by atoms with Crippen molar-refractivity contribution in [1.29, 1.82) is 0 Å². The van der Waals surface area contributed by atoms with Crippen molar-refractivity contribution in [3.05, 3.63) is 11.8 Å². The van der Waals surface area contributed by atoms with E-state index in [0.717, 1.165) is 0 Å². The van der Waals surface area contributed by atoms with E-state index in [2.05, 4.69) is 5.10 Å². The largest absolute Gasteiger partial charge is 0.474 e. The highest BCUT2D eigenvalue weighted by Gasteiger charge is 2.10. The van der Waals surface area contributed by atoms with Crippen LogP contribution in [-0.4, -0.2) is 36.0 Å². The summed E-state index contributed by atoms with van der Waals surface area (Å²) in [5.41, 5.74) is 5.42. The van der Waals surface area contributed by atoms with Crippen LogP contribution >= 0.6 is 0 Å². The van der Waals surface area contributed by atoms with Crippen LogP contribution in [0.5, 0.6) is 5.88 Å². The van der Waals surface area contributed by atoms with Gasteiger partial charge in [0.15, 0.2) is 0 Å². The van der Waals surface area contributed by atoms with Crippen molar-refractivity contribution in [3.8, 4) is 5.88 Å². The van der Waals surface area contributed by atoms with Crippen molar-refractivity contribution in [2.24, 2.45) is 12.8 Å². The molecule has 1 heterocycles. The molecule has 0 spiro atoms. The second kappa shape index (κ2) is 4.61. The third kappa shape index (κ3) is 2.46. The number of carbonyl (C=O) groups excluding carboxylic acids is 1. The third-order valence-electron chi connectivity index (χ3n) is 1.65. The van der Waals surface area contributed by atoms with Gasteiger partial charge in [-0.3, -0.25) is 9.48 Å². The molecule has 1 aromatic rings. The van der Waals surface area contributed by atoms with E-state index in [1.807, 2.05) is 0 Å². The molecule has 0 aliphatic rings. The Morgan fingerprint density at radius 2 is 2.36 bits per heavy atom. The Labute approximate surface area is 81.6 Å². The van der Waals surface area contributed by atoms with Crippen LogP contribution in [0.3, 0.4) is 0 Å². The summed E-state index contributed by atoms with van der Waals surface area (Å²) in [7, 11) is 3.21. The molecule has 78 valence electrons. The highest BCUT2D eigenvalue weighted by molar-refractivity contribution is 5.91. The highest BCUT2D eigenvalue weighted by atomic mass is 16.5. The highest BCUT2D eigenvalue weighted by Crippen LogP contribution is 2.09. The maximum atomic E-state index is 10.8. The molecule has 0 atom stereocenters. The normalized spacial score (nSPS) is 10.1. The molecule has 0 aliphatic heterocycles. The Bertz CT molecular complexity index is 322. The number of amides is 1. The van der Waals surface area contributed by atoms with Crippen molar-refractivity contribution >= 4 is 5.91 Å². The van der Waals surface area contributed by atoms with E-state index in [4.69, 9.17) is 15.2 Å². The lowest BCUT2D eigenvalue weighted by Gasteiger charge is -1.99. The summed E-state index contributed by atoms with van der Waals surface area (Å²) in [5.74, 6) is -0.153. The molecule has 1 aromatic heterocycles. The number of methoxy groups -OCH3 is 1. The Morgan fingerprint density at radius 1 is 1.64 bits per heavy atom. The summed E-state index contributed by atoms with van der Waals surface area (Å²) in [6.07, 6.45) is 0. The molecule has 2 N–H and O–H groups in total. The fourth-order valence-corrected chi connectivity index (χ4v) is 0.972. The number of aryl methyl sites for hydroxylation is 1. The van der Waals surface area contributed by atoms with Gasteiger partial charge in [-0.05, 0) is 0 Å². The number of hydrogen-bond acceptors (Lipinski definition) is 4. The molecule has 0 fully saturated rings. The van der Waals surface area contributed by atoms with Gasteiger partial charge in [0.25, 0.3) is 5.91 Å². The number of rotatable bonds is 5. The standard InChI is InChI=1S/C8H13N3O3/c1-11-6(8(9)12)5-7(10-11)14-4-3-13-2/h5H,3-4H2,1-2H3,(H2,9,12). The number of hydrogen-bond donors (Lipinski definition) is 1. The van der Waals surface area contributed by atoms with Crippen LogP contribution in [0.15, 0.2) is 6.07 Å². The fourth-order valence-electron chi connectivity index (χ4n) is 0.972. The second-order valence-electron chi connectivity index (χ2n) is 2.70. The predicted octanol–water partition coefficient (Wildman–Crippen LogP) is -0.456. The van der Waals surface area contributed by atoms with Gasteiger partial charge < -0.3 is 15.2 Å². The molecule has 1 rings (SSSR count). The lowest BCUT2D eigenvalue weighted by Crippen LogP contribution is -2.15. The van der Waals surface area contributed by atoms with E-state index in [9.17, 15) is 4.79 Å². The number of primary amides is 1. The fraction of sp³-hybridized carbons (Fsp3) is 0.500. The van der Waals surface area contributed by atoms with Gasteiger partial charge in [0.05, 0.1) is 6.61 Å². The summed E-state index contributed by atoms with van der Waals surface area (Å²) in [6.45, 7) is 0.869. The van der Waals surface area contributed by atoms with Gasteiger partial charge in [0, 0.05) is 20.2 Å². The van der Waals surface area contributed by atoms with Crippen LogP contribution in [-0.2, 0) is 11.8 Å². The first-order chi connectivity index (χ1) is 6.65. The zero-order chi connectivity index (χ0) is 10.6. The zero-order valence-corrected chi connectivity index (χ0v) is 8.19. The van der Waals surface area contributed by atoms with Crippen LogP contribution < -0.4 is 10.5 Å². The molecule has 6 nitrogen and oxygen atoms in total. The van der Waals surface area contributed by atoms with Gasteiger partial charge in [-0.25, -0.2) is 0 Å². The average molecular weight is 199 g/mol. The van der Waals surface area contributed by atoms with Crippen LogP contribution in [0.25, 0.3) is 0 Å². The monoisotopic (exact) mass is 199 g/mol. The molecule has 0 aliphatic carbocycles. The maximum absolute atomic E-state index is 10.8. The molecule has 14 heavy (non-hydrogen) atoms. The topological polar surface area (TPSA) is 79.4 Å².